The summed E-state index contributed by atoms with van der Waals surface area (Å²) in [6, 6.07) is 0. The molecule has 1 atom stereocenters. The second kappa shape index (κ2) is 3.16. The SMILES string of the molecule is CC(N[N+](=O)[O-])ON. The van der Waals surface area contributed by atoms with Gasteiger partial charge in [-0.3, -0.25) is 4.84 Å². The molecule has 48 valence electrons. The van der Waals surface area contributed by atoms with Gasteiger partial charge in [-0.05, 0) is 6.92 Å². The summed E-state index contributed by atoms with van der Waals surface area (Å²) in [5.41, 5.74) is 1.77. The van der Waals surface area contributed by atoms with E-state index in [1.807, 2.05) is 0 Å². The van der Waals surface area contributed by atoms with Crippen LogP contribution in [0.2, 0.25) is 0 Å². The van der Waals surface area contributed by atoms with Gasteiger partial charge in [0.1, 0.15) is 0 Å². The van der Waals surface area contributed by atoms with Crippen molar-refractivity contribution < 1.29 is 9.87 Å². The highest BCUT2D eigenvalue weighted by molar-refractivity contribution is 4.27. The summed E-state index contributed by atoms with van der Waals surface area (Å²) >= 11 is 0. The molecule has 8 heavy (non-hydrogen) atoms. The highest BCUT2D eigenvalue weighted by Gasteiger charge is 2.02. The molecule has 0 radical (unpaired) electrons. The maximum atomic E-state index is 9.53. The van der Waals surface area contributed by atoms with Gasteiger partial charge in [0.25, 0.3) is 0 Å². The summed E-state index contributed by atoms with van der Waals surface area (Å²) in [5.74, 6) is 4.55. The maximum absolute atomic E-state index is 9.53. The summed E-state index contributed by atoms with van der Waals surface area (Å²) < 4.78 is 0. The van der Waals surface area contributed by atoms with E-state index in [4.69, 9.17) is 0 Å². The fourth-order valence-electron chi connectivity index (χ4n) is 0.179. The number of nitrogens with zero attached hydrogens (tertiary/aromatic N) is 1. The standard InChI is InChI=1S/C2H7N3O3/c1-2(8-3)4-5(6)7/h2,4H,3H2,1H3. The minimum Gasteiger partial charge on any atom is -0.274 e. The smallest absolute Gasteiger partial charge is 0.201 e. The van der Waals surface area contributed by atoms with E-state index in [1.165, 1.54) is 6.92 Å². The predicted molar refractivity (Wildman–Crippen MR) is 24.9 cm³/mol. The van der Waals surface area contributed by atoms with E-state index >= 15 is 0 Å². The van der Waals surface area contributed by atoms with Crippen LogP contribution in [-0.2, 0) is 4.84 Å². The van der Waals surface area contributed by atoms with Gasteiger partial charge in [0.2, 0.25) is 6.23 Å². The fraction of sp³-hybridized carbons (Fsp3) is 1.00. The molecule has 0 fully saturated rings. The van der Waals surface area contributed by atoms with Gasteiger partial charge in [-0.25, -0.2) is 16.0 Å². The summed E-state index contributed by atoms with van der Waals surface area (Å²) in [7, 11) is 0. The first-order valence-electron chi connectivity index (χ1n) is 1.93. The molecule has 0 saturated carbocycles. The van der Waals surface area contributed by atoms with Crippen LogP contribution in [0.15, 0.2) is 0 Å². The Morgan fingerprint density at radius 2 is 2.50 bits per heavy atom. The van der Waals surface area contributed by atoms with Gasteiger partial charge in [0.05, 0.1) is 0 Å². The lowest BCUT2D eigenvalue weighted by Gasteiger charge is -2.01. The average molecular weight is 121 g/mol. The quantitative estimate of drug-likeness (QED) is 0.284. The van der Waals surface area contributed by atoms with Gasteiger partial charge in [0, 0.05) is 0 Å². The molecule has 1 unspecified atom stereocenters. The fourth-order valence-corrected chi connectivity index (χ4v) is 0.179. The lowest BCUT2D eigenvalue weighted by molar-refractivity contribution is -0.560. The van der Waals surface area contributed by atoms with Gasteiger partial charge >= 0.3 is 0 Å². The zero-order chi connectivity index (χ0) is 6.57. The molecular formula is C2H7N3O3. The van der Waals surface area contributed by atoms with Crippen molar-refractivity contribution in [3.8, 4) is 0 Å². The Morgan fingerprint density at radius 1 is 2.00 bits per heavy atom. The molecule has 0 aliphatic carbocycles. The molecule has 0 heterocycles. The van der Waals surface area contributed by atoms with Crippen molar-refractivity contribution in [3.05, 3.63) is 10.1 Å². The highest BCUT2D eigenvalue weighted by Crippen LogP contribution is 1.74. The van der Waals surface area contributed by atoms with Crippen molar-refractivity contribution in [1.82, 2.24) is 5.43 Å². The molecule has 0 aliphatic heterocycles. The number of rotatable bonds is 3. The Bertz CT molecular complexity index is 84.6. The van der Waals surface area contributed by atoms with Crippen LogP contribution in [0.1, 0.15) is 6.92 Å². The van der Waals surface area contributed by atoms with E-state index in [0.29, 0.717) is 0 Å². The van der Waals surface area contributed by atoms with Gasteiger partial charge < -0.3 is 0 Å². The van der Waals surface area contributed by atoms with Gasteiger partial charge in [0.15, 0.2) is 5.03 Å². The van der Waals surface area contributed by atoms with Crippen LogP contribution < -0.4 is 11.3 Å². The first kappa shape index (κ1) is 7.12. The van der Waals surface area contributed by atoms with E-state index in [0.717, 1.165) is 0 Å². The van der Waals surface area contributed by atoms with Crippen molar-refractivity contribution in [2.24, 2.45) is 5.90 Å². The molecule has 0 saturated heterocycles. The largest absolute Gasteiger partial charge is 0.274 e. The third-order valence-electron chi connectivity index (χ3n) is 0.491. The van der Waals surface area contributed by atoms with Crippen LogP contribution in [0, 0.1) is 10.1 Å². The summed E-state index contributed by atoms with van der Waals surface area (Å²) in [4.78, 5) is 13.5. The van der Waals surface area contributed by atoms with Crippen molar-refractivity contribution in [1.29, 1.82) is 0 Å². The predicted octanol–water partition coefficient (Wildman–Crippen LogP) is -0.996. The normalized spacial score (nSPS) is 12.8. The molecule has 0 aliphatic rings. The second-order valence-corrected chi connectivity index (χ2v) is 1.16. The summed E-state index contributed by atoms with van der Waals surface area (Å²) in [5, 5.41) is 8.80. The molecular weight excluding hydrogens is 114 g/mol. The van der Waals surface area contributed by atoms with Crippen molar-refractivity contribution >= 4 is 0 Å². The van der Waals surface area contributed by atoms with E-state index < -0.39 is 11.3 Å². The van der Waals surface area contributed by atoms with E-state index in [-0.39, 0.29) is 0 Å². The minimum absolute atomic E-state index is 0.725. The average Bonchev–Trinajstić information content (AvgIpc) is 1.65. The maximum Gasteiger partial charge on any atom is 0.201 e. The monoisotopic (exact) mass is 121 g/mol. The molecule has 6 heteroatoms. The number of nitrogens with two attached hydrogens (primary N) is 1. The van der Waals surface area contributed by atoms with E-state index in [9.17, 15) is 10.1 Å². The molecule has 0 amide bonds. The Morgan fingerprint density at radius 3 is 2.62 bits per heavy atom. The van der Waals surface area contributed by atoms with Crippen molar-refractivity contribution in [3.63, 3.8) is 0 Å². The van der Waals surface area contributed by atoms with Gasteiger partial charge in [-0.2, -0.15) is 0 Å². The minimum atomic E-state index is -0.745. The second-order valence-electron chi connectivity index (χ2n) is 1.16. The number of hydrogen-bond donors (Lipinski definition) is 2. The van der Waals surface area contributed by atoms with E-state index in [1.54, 1.807) is 5.43 Å². The number of hydrogen-bond acceptors (Lipinski definition) is 4. The highest BCUT2D eigenvalue weighted by atomic mass is 16.7. The molecule has 6 nitrogen and oxygen atoms in total. The lowest BCUT2D eigenvalue weighted by atomic mass is 10.7. The Kier molecular flexibility index (Phi) is 2.82. The van der Waals surface area contributed by atoms with Crippen LogP contribution >= 0.6 is 0 Å². The number of nitro groups is 1. The number of hydrazine groups is 1. The van der Waals surface area contributed by atoms with Crippen LogP contribution in [0.5, 0.6) is 0 Å². The zero-order valence-electron chi connectivity index (χ0n) is 4.33. The van der Waals surface area contributed by atoms with Gasteiger partial charge in [-0.15, -0.1) is 5.43 Å². The summed E-state index contributed by atoms with van der Waals surface area (Å²) in [6.07, 6.45) is -0.745. The third kappa shape index (κ3) is 3.32. The third-order valence-corrected chi connectivity index (χ3v) is 0.491. The lowest BCUT2D eigenvalue weighted by Crippen LogP contribution is -2.35. The summed E-state index contributed by atoms with van der Waals surface area (Å²) in [6.45, 7) is 1.42. The molecule has 0 spiro atoms. The zero-order valence-corrected chi connectivity index (χ0v) is 4.33. The first-order chi connectivity index (χ1) is 3.66. The Hall–Kier alpha value is -0.880. The number of nitrogens with one attached hydrogen (secondary N) is 1. The van der Waals surface area contributed by atoms with Crippen molar-refractivity contribution in [2.75, 3.05) is 0 Å². The first-order valence-corrected chi connectivity index (χ1v) is 1.93. The van der Waals surface area contributed by atoms with Gasteiger partial charge in [-0.1, -0.05) is 0 Å². The van der Waals surface area contributed by atoms with Crippen LogP contribution in [0.4, 0.5) is 0 Å². The Balaban J connectivity index is 3.24. The molecule has 0 aromatic rings. The van der Waals surface area contributed by atoms with Crippen molar-refractivity contribution in [2.45, 2.75) is 13.2 Å². The van der Waals surface area contributed by atoms with E-state index in [2.05, 4.69) is 10.7 Å². The molecule has 0 aromatic heterocycles. The Labute approximate surface area is 45.7 Å². The molecule has 3 N–H and O–H groups in total. The topological polar surface area (TPSA) is 90.4 Å². The van der Waals surface area contributed by atoms with Crippen LogP contribution in [-0.4, -0.2) is 11.3 Å². The molecule has 0 rings (SSSR count). The molecule has 0 aromatic carbocycles. The van der Waals surface area contributed by atoms with Crippen LogP contribution in [0.3, 0.4) is 0 Å². The molecule has 0 bridgehead atoms. The van der Waals surface area contributed by atoms with Crippen LogP contribution in [0.25, 0.3) is 0 Å².